The van der Waals surface area contributed by atoms with E-state index in [1.165, 1.54) is 14.0 Å². The van der Waals surface area contributed by atoms with Crippen LogP contribution in [0.5, 0.6) is 0 Å². The number of amides is 2. The van der Waals surface area contributed by atoms with Gasteiger partial charge in [-0.1, -0.05) is 61.9 Å². The third kappa shape index (κ3) is 5.75. The molecule has 3 rings (SSSR count). The summed E-state index contributed by atoms with van der Waals surface area (Å²) in [6, 6.07) is 15.5. The standard InChI is InChI=1S/C26H32N2O6/c1-4-9-17(14-23(29)30)27-24(31)26(2,16-33-3)28-25(32)34-15-22-20-12-7-5-10-18(20)19-11-6-8-13-21(19)22/h5-8,10-13,17,22H,4,9,14-16H2,1-3H3,(H,27,31)(H,28,32)(H,29,30)/t17-,26?/m0/s1. The van der Waals surface area contributed by atoms with Gasteiger partial charge in [-0.3, -0.25) is 9.59 Å². The Labute approximate surface area is 199 Å². The SMILES string of the molecule is CCC[C@@H](CC(=O)O)NC(=O)C(C)(COC)NC(=O)OCC1c2ccccc2-c2ccccc21. The average Bonchev–Trinajstić information content (AvgIpc) is 3.11. The second-order valence-electron chi connectivity index (χ2n) is 8.77. The van der Waals surface area contributed by atoms with Crippen molar-refractivity contribution < 1.29 is 29.0 Å². The molecule has 8 heteroatoms. The lowest BCUT2D eigenvalue weighted by Crippen LogP contribution is -2.61. The first-order valence-electron chi connectivity index (χ1n) is 11.4. The second kappa shape index (κ2) is 11.2. The summed E-state index contributed by atoms with van der Waals surface area (Å²) in [5.74, 6) is -1.63. The zero-order chi connectivity index (χ0) is 24.7. The van der Waals surface area contributed by atoms with Crippen LogP contribution in [0.4, 0.5) is 4.79 Å². The molecule has 0 bridgehead atoms. The Bertz CT molecular complexity index is 994. The topological polar surface area (TPSA) is 114 Å². The second-order valence-corrected chi connectivity index (χ2v) is 8.77. The molecule has 34 heavy (non-hydrogen) atoms. The molecule has 0 aromatic heterocycles. The smallest absolute Gasteiger partial charge is 0.408 e. The maximum Gasteiger partial charge on any atom is 0.408 e. The number of carbonyl (C=O) groups is 3. The number of hydrogen-bond acceptors (Lipinski definition) is 5. The maximum absolute atomic E-state index is 13.0. The lowest BCUT2D eigenvalue weighted by molar-refractivity contribution is -0.138. The van der Waals surface area contributed by atoms with E-state index < -0.39 is 29.6 Å². The monoisotopic (exact) mass is 468 g/mol. The number of hydrogen-bond donors (Lipinski definition) is 3. The minimum atomic E-state index is -1.43. The van der Waals surface area contributed by atoms with Crippen molar-refractivity contribution in [3.8, 4) is 11.1 Å². The number of aliphatic carboxylic acids is 1. The van der Waals surface area contributed by atoms with E-state index in [0.29, 0.717) is 12.8 Å². The number of ether oxygens (including phenoxy) is 2. The van der Waals surface area contributed by atoms with E-state index in [9.17, 15) is 14.4 Å². The summed E-state index contributed by atoms with van der Waals surface area (Å²) in [4.78, 5) is 36.9. The number of alkyl carbamates (subject to hydrolysis) is 1. The number of benzene rings is 2. The molecule has 0 saturated carbocycles. The average molecular weight is 469 g/mol. The summed E-state index contributed by atoms with van der Waals surface area (Å²) in [7, 11) is 1.42. The fourth-order valence-corrected chi connectivity index (χ4v) is 4.44. The van der Waals surface area contributed by atoms with Crippen LogP contribution in [-0.4, -0.2) is 55.0 Å². The first-order chi connectivity index (χ1) is 16.3. The van der Waals surface area contributed by atoms with Gasteiger partial charge in [-0.25, -0.2) is 4.79 Å². The third-order valence-corrected chi connectivity index (χ3v) is 6.05. The molecule has 182 valence electrons. The van der Waals surface area contributed by atoms with Crippen LogP contribution < -0.4 is 10.6 Å². The molecule has 3 N–H and O–H groups in total. The molecule has 0 fully saturated rings. The van der Waals surface area contributed by atoms with Crippen LogP contribution in [0.2, 0.25) is 0 Å². The predicted octanol–water partition coefficient (Wildman–Crippen LogP) is 3.69. The molecule has 2 atom stereocenters. The van der Waals surface area contributed by atoms with E-state index in [-0.39, 0.29) is 25.6 Å². The Balaban J connectivity index is 1.68. The zero-order valence-electron chi connectivity index (χ0n) is 19.8. The molecule has 1 aliphatic carbocycles. The van der Waals surface area contributed by atoms with Crippen molar-refractivity contribution in [2.45, 2.75) is 50.6 Å². The maximum atomic E-state index is 13.0. The lowest BCUT2D eigenvalue weighted by atomic mass is 9.98. The van der Waals surface area contributed by atoms with Crippen molar-refractivity contribution in [2.75, 3.05) is 20.3 Å². The van der Waals surface area contributed by atoms with Crippen LogP contribution in [-0.2, 0) is 19.1 Å². The fraction of sp³-hybridized carbons (Fsp3) is 0.423. The number of nitrogens with one attached hydrogen (secondary N) is 2. The van der Waals surface area contributed by atoms with Crippen molar-refractivity contribution in [2.24, 2.45) is 0 Å². The van der Waals surface area contributed by atoms with Gasteiger partial charge in [0.25, 0.3) is 0 Å². The quantitative estimate of drug-likeness (QED) is 0.464. The van der Waals surface area contributed by atoms with E-state index in [2.05, 4.69) is 22.8 Å². The van der Waals surface area contributed by atoms with Crippen LogP contribution in [0, 0.1) is 0 Å². The highest BCUT2D eigenvalue weighted by Crippen LogP contribution is 2.44. The van der Waals surface area contributed by atoms with Crippen molar-refractivity contribution in [3.63, 3.8) is 0 Å². The number of fused-ring (bicyclic) bond motifs is 3. The minimum Gasteiger partial charge on any atom is -0.481 e. The van der Waals surface area contributed by atoms with Gasteiger partial charge in [-0.05, 0) is 35.6 Å². The van der Waals surface area contributed by atoms with E-state index in [4.69, 9.17) is 14.6 Å². The molecular formula is C26H32N2O6. The summed E-state index contributed by atoms with van der Waals surface area (Å²) in [6.45, 7) is 3.44. The first kappa shape index (κ1) is 25.2. The van der Waals surface area contributed by atoms with E-state index in [1.54, 1.807) is 0 Å². The number of carboxylic acids is 1. The molecule has 0 aliphatic heterocycles. The normalized spacial score (nSPS) is 14.9. The van der Waals surface area contributed by atoms with Crippen molar-refractivity contribution in [3.05, 3.63) is 59.7 Å². The summed E-state index contributed by atoms with van der Waals surface area (Å²) >= 11 is 0. The van der Waals surface area contributed by atoms with Gasteiger partial charge in [0.05, 0.1) is 13.0 Å². The molecule has 0 radical (unpaired) electrons. The molecular weight excluding hydrogens is 436 g/mol. The van der Waals surface area contributed by atoms with Crippen LogP contribution in [0.25, 0.3) is 11.1 Å². The summed E-state index contributed by atoms with van der Waals surface area (Å²) in [6.07, 6.45) is 0.264. The Hall–Kier alpha value is -3.39. The predicted molar refractivity (Wildman–Crippen MR) is 128 cm³/mol. The number of methoxy groups -OCH3 is 1. The Morgan fingerprint density at radius 3 is 2.18 bits per heavy atom. The lowest BCUT2D eigenvalue weighted by Gasteiger charge is -2.30. The van der Waals surface area contributed by atoms with E-state index in [1.807, 2.05) is 43.3 Å². The molecule has 2 aromatic carbocycles. The van der Waals surface area contributed by atoms with Crippen molar-refractivity contribution in [1.29, 1.82) is 0 Å². The van der Waals surface area contributed by atoms with Crippen LogP contribution in [0.3, 0.4) is 0 Å². The molecule has 0 spiro atoms. The minimum absolute atomic E-state index is 0.102. The van der Waals surface area contributed by atoms with Gasteiger partial charge in [0.2, 0.25) is 5.91 Å². The largest absolute Gasteiger partial charge is 0.481 e. The van der Waals surface area contributed by atoms with Crippen molar-refractivity contribution >= 4 is 18.0 Å². The number of rotatable bonds is 11. The van der Waals surface area contributed by atoms with E-state index >= 15 is 0 Å². The highest BCUT2D eigenvalue weighted by atomic mass is 16.5. The Morgan fingerprint density at radius 2 is 1.65 bits per heavy atom. The molecule has 0 heterocycles. The summed E-state index contributed by atoms with van der Waals surface area (Å²) in [5.41, 5.74) is 2.99. The zero-order valence-corrected chi connectivity index (χ0v) is 19.8. The van der Waals surface area contributed by atoms with Crippen LogP contribution >= 0.6 is 0 Å². The van der Waals surface area contributed by atoms with Crippen molar-refractivity contribution in [1.82, 2.24) is 10.6 Å². The van der Waals surface area contributed by atoms with Gasteiger partial charge >= 0.3 is 12.1 Å². The Morgan fingerprint density at radius 1 is 1.06 bits per heavy atom. The number of carbonyl (C=O) groups excluding carboxylic acids is 2. The molecule has 0 saturated heterocycles. The molecule has 2 aromatic rings. The Kier molecular flexibility index (Phi) is 8.28. The summed E-state index contributed by atoms with van der Waals surface area (Å²) in [5, 5.41) is 14.5. The van der Waals surface area contributed by atoms with Gasteiger partial charge in [0, 0.05) is 19.1 Å². The molecule has 2 amide bonds. The first-order valence-corrected chi connectivity index (χ1v) is 11.4. The highest BCUT2D eigenvalue weighted by Gasteiger charge is 2.37. The third-order valence-electron chi connectivity index (χ3n) is 6.05. The summed E-state index contributed by atoms with van der Waals surface area (Å²) < 4.78 is 10.7. The fourth-order valence-electron chi connectivity index (χ4n) is 4.44. The van der Waals surface area contributed by atoms with E-state index in [0.717, 1.165) is 22.3 Å². The number of carboxylic acid groups (broad SMARTS) is 1. The highest BCUT2D eigenvalue weighted by molar-refractivity contribution is 5.90. The molecule has 8 nitrogen and oxygen atoms in total. The molecule has 1 unspecified atom stereocenters. The van der Waals surface area contributed by atoms with Crippen LogP contribution in [0.1, 0.15) is 50.2 Å². The van der Waals surface area contributed by atoms with Gasteiger partial charge in [-0.2, -0.15) is 0 Å². The molecule has 1 aliphatic rings. The van der Waals surface area contributed by atoms with Crippen LogP contribution in [0.15, 0.2) is 48.5 Å². The van der Waals surface area contributed by atoms with Gasteiger partial charge < -0.3 is 25.2 Å². The van der Waals surface area contributed by atoms with Gasteiger partial charge in [-0.15, -0.1) is 0 Å². The van der Waals surface area contributed by atoms with Gasteiger partial charge in [0.15, 0.2) is 0 Å². The van der Waals surface area contributed by atoms with Gasteiger partial charge in [0.1, 0.15) is 12.1 Å².